The fourth-order valence-corrected chi connectivity index (χ4v) is 2.00. The van der Waals surface area contributed by atoms with Crippen molar-refractivity contribution in [2.24, 2.45) is 0 Å². The van der Waals surface area contributed by atoms with E-state index in [1.807, 2.05) is 19.9 Å². The number of benzene rings is 1. The van der Waals surface area contributed by atoms with Crippen LogP contribution in [0.1, 0.15) is 16.7 Å². The van der Waals surface area contributed by atoms with E-state index in [4.69, 9.17) is 27.9 Å². The molecule has 0 N–H and O–H groups in total. The van der Waals surface area contributed by atoms with Crippen molar-refractivity contribution < 1.29 is 4.74 Å². The highest BCUT2D eigenvalue weighted by Crippen LogP contribution is 2.32. The first-order valence-electron chi connectivity index (χ1n) is 4.00. The van der Waals surface area contributed by atoms with Gasteiger partial charge in [0.05, 0.1) is 12.1 Å². The molecule has 0 amide bonds. The third-order valence-corrected chi connectivity index (χ3v) is 2.92. The minimum Gasteiger partial charge on any atom is -0.496 e. The molecule has 72 valence electrons. The van der Waals surface area contributed by atoms with E-state index in [2.05, 4.69) is 0 Å². The predicted molar refractivity (Wildman–Crippen MR) is 57.0 cm³/mol. The highest BCUT2D eigenvalue weighted by Gasteiger charge is 2.10. The van der Waals surface area contributed by atoms with Gasteiger partial charge in [0.1, 0.15) is 5.75 Å². The van der Waals surface area contributed by atoms with Crippen LogP contribution in [0.5, 0.6) is 5.75 Å². The molecule has 1 rings (SSSR count). The molecule has 0 aliphatic carbocycles. The first-order valence-corrected chi connectivity index (χ1v) is 4.91. The Morgan fingerprint density at radius 2 is 2.00 bits per heavy atom. The summed E-state index contributed by atoms with van der Waals surface area (Å²) in [6, 6.07) is 1.96. The summed E-state index contributed by atoms with van der Waals surface area (Å²) in [6.07, 6.45) is 0. The van der Waals surface area contributed by atoms with E-state index in [1.54, 1.807) is 7.11 Å². The molecule has 1 aromatic rings. The molecule has 1 nitrogen and oxygen atoms in total. The average molecular weight is 219 g/mol. The van der Waals surface area contributed by atoms with Crippen molar-refractivity contribution in [2.45, 2.75) is 19.7 Å². The Morgan fingerprint density at radius 1 is 1.38 bits per heavy atom. The van der Waals surface area contributed by atoms with Crippen molar-refractivity contribution >= 4 is 23.2 Å². The summed E-state index contributed by atoms with van der Waals surface area (Å²) in [5.74, 6) is 1.26. The number of aryl methyl sites for hydroxylation is 1. The second kappa shape index (κ2) is 4.21. The lowest BCUT2D eigenvalue weighted by atomic mass is 10.1. The third-order valence-electron chi connectivity index (χ3n) is 2.14. The molecule has 0 aromatic heterocycles. The van der Waals surface area contributed by atoms with Gasteiger partial charge in [-0.15, -0.1) is 11.6 Å². The zero-order chi connectivity index (χ0) is 10.0. The Bertz CT molecular complexity index is 321. The first kappa shape index (κ1) is 10.7. The molecule has 0 unspecified atom stereocenters. The quantitative estimate of drug-likeness (QED) is 0.689. The minimum absolute atomic E-state index is 0.440. The van der Waals surface area contributed by atoms with Crippen molar-refractivity contribution in [3.05, 3.63) is 27.8 Å². The van der Waals surface area contributed by atoms with Crippen molar-refractivity contribution in [1.29, 1.82) is 0 Å². The number of hydrogen-bond donors (Lipinski definition) is 0. The number of methoxy groups -OCH3 is 1. The van der Waals surface area contributed by atoms with Crippen molar-refractivity contribution in [1.82, 2.24) is 0 Å². The van der Waals surface area contributed by atoms with Crippen LogP contribution in [0.15, 0.2) is 6.07 Å². The van der Waals surface area contributed by atoms with Crippen LogP contribution in [-0.2, 0) is 5.88 Å². The maximum Gasteiger partial charge on any atom is 0.123 e. The summed E-state index contributed by atoms with van der Waals surface area (Å²) in [4.78, 5) is 0. The Balaban J connectivity index is 3.37. The fourth-order valence-electron chi connectivity index (χ4n) is 1.28. The van der Waals surface area contributed by atoms with Crippen molar-refractivity contribution in [3.8, 4) is 5.75 Å². The molecule has 0 aliphatic heterocycles. The van der Waals surface area contributed by atoms with Gasteiger partial charge < -0.3 is 4.74 Å². The molecular formula is C10H12Cl2O. The molecule has 0 spiro atoms. The van der Waals surface area contributed by atoms with Gasteiger partial charge in [-0.25, -0.2) is 0 Å². The number of ether oxygens (including phenoxy) is 1. The van der Waals surface area contributed by atoms with Crippen LogP contribution >= 0.6 is 23.2 Å². The van der Waals surface area contributed by atoms with Crippen molar-refractivity contribution in [2.75, 3.05) is 7.11 Å². The van der Waals surface area contributed by atoms with Gasteiger partial charge in [-0.1, -0.05) is 11.6 Å². The molecule has 0 saturated carbocycles. The van der Waals surface area contributed by atoms with Gasteiger partial charge in [0.2, 0.25) is 0 Å². The lowest BCUT2D eigenvalue weighted by Crippen LogP contribution is -1.94. The number of alkyl halides is 1. The molecular weight excluding hydrogens is 207 g/mol. The molecule has 0 saturated heterocycles. The Morgan fingerprint density at radius 3 is 2.46 bits per heavy atom. The van der Waals surface area contributed by atoms with Gasteiger partial charge in [0.25, 0.3) is 0 Å². The maximum absolute atomic E-state index is 6.12. The van der Waals surface area contributed by atoms with E-state index in [-0.39, 0.29) is 0 Å². The summed E-state index contributed by atoms with van der Waals surface area (Å²) in [6.45, 7) is 3.90. The van der Waals surface area contributed by atoms with Crippen LogP contribution in [0.2, 0.25) is 5.02 Å². The number of halogens is 2. The maximum atomic E-state index is 6.12. The van der Waals surface area contributed by atoms with Gasteiger partial charge in [-0.05, 0) is 31.0 Å². The summed E-state index contributed by atoms with van der Waals surface area (Å²) in [5, 5.41) is 0.715. The minimum atomic E-state index is 0.440. The number of rotatable bonds is 2. The van der Waals surface area contributed by atoms with Crippen LogP contribution < -0.4 is 4.74 Å². The van der Waals surface area contributed by atoms with Gasteiger partial charge in [-0.3, -0.25) is 0 Å². The molecule has 1 aromatic carbocycles. The normalized spacial score (nSPS) is 10.2. The Labute approximate surface area is 88.6 Å². The lowest BCUT2D eigenvalue weighted by Gasteiger charge is -2.12. The fraction of sp³-hybridized carbons (Fsp3) is 0.400. The largest absolute Gasteiger partial charge is 0.496 e. The zero-order valence-corrected chi connectivity index (χ0v) is 9.46. The second-order valence-electron chi connectivity index (χ2n) is 2.95. The second-order valence-corrected chi connectivity index (χ2v) is 3.59. The zero-order valence-electron chi connectivity index (χ0n) is 7.95. The monoisotopic (exact) mass is 218 g/mol. The van der Waals surface area contributed by atoms with E-state index in [0.717, 1.165) is 22.4 Å². The molecule has 0 fully saturated rings. The van der Waals surface area contributed by atoms with E-state index in [1.165, 1.54) is 0 Å². The molecule has 0 heterocycles. The summed E-state index contributed by atoms with van der Waals surface area (Å²) in [7, 11) is 1.64. The predicted octanol–water partition coefficient (Wildman–Crippen LogP) is 3.70. The van der Waals surface area contributed by atoms with E-state index in [0.29, 0.717) is 10.9 Å². The topological polar surface area (TPSA) is 9.23 Å². The standard InChI is InChI=1S/C10H12Cl2O/c1-6-4-9(13-3)7(2)10(12)8(6)5-11/h4H,5H2,1-3H3. The van der Waals surface area contributed by atoms with Gasteiger partial charge in [0, 0.05) is 11.4 Å². The first-order chi connectivity index (χ1) is 6.11. The highest BCUT2D eigenvalue weighted by atomic mass is 35.5. The summed E-state index contributed by atoms with van der Waals surface area (Å²) < 4.78 is 5.18. The van der Waals surface area contributed by atoms with Crippen molar-refractivity contribution in [3.63, 3.8) is 0 Å². The lowest BCUT2D eigenvalue weighted by molar-refractivity contribution is 0.411. The summed E-state index contributed by atoms with van der Waals surface area (Å²) >= 11 is 11.9. The van der Waals surface area contributed by atoms with E-state index >= 15 is 0 Å². The van der Waals surface area contributed by atoms with E-state index in [9.17, 15) is 0 Å². The van der Waals surface area contributed by atoms with Crippen LogP contribution in [0.4, 0.5) is 0 Å². The smallest absolute Gasteiger partial charge is 0.123 e. The average Bonchev–Trinajstić information content (AvgIpc) is 2.12. The van der Waals surface area contributed by atoms with Crippen LogP contribution in [0.25, 0.3) is 0 Å². The summed E-state index contributed by atoms with van der Waals surface area (Å²) in [5.41, 5.74) is 3.01. The van der Waals surface area contributed by atoms with Crippen LogP contribution in [0, 0.1) is 13.8 Å². The molecule has 0 aliphatic rings. The molecule has 0 radical (unpaired) electrons. The van der Waals surface area contributed by atoms with Crippen LogP contribution in [-0.4, -0.2) is 7.11 Å². The third kappa shape index (κ3) is 1.92. The molecule has 13 heavy (non-hydrogen) atoms. The SMILES string of the molecule is COc1cc(C)c(CCl)c(Cl)c1C. The Kier molecular flexibility index (Phi) is 3.46. The van der Waals surface area contributed by atoms with Crippen LogP contribution in [0.3, 0.4) is 0 Å². The van der Waals surface area contributed by atoms with Gasteiger partial charge >= 0.3 is 0 Å². The molecule has 0 atom stereocenters. The van der Waals surface area contributed by atoms with Gasteiger partial charge in [0.15, 0.2) is 0 Å². The number of hydrogen-bond acceptors (Lipinski definition) is 1. The Hall–Kier alpha value is -0.400. The molecule has 0 bridgehead atoms. The highest BCUT2D eigenvalue weighted by molar-refractivity contribution is 6.33. The molecule has 3 heteroatoms. The van der Waals surface area contributed by atoms with E-state index < -0.39 is 0 Å². The van der Waals surface area contributed by atoms with Gasteiger partial charge in [-0.2, -0.15) is 0 Å².